The second kappa shape index (κ2) is 12.2. The van der Waals surface area contributed by atoms with Crippen LogP contribution in [0.1, 0.15) is 0 Å². The van der Waals surface area contributed by atoms with E-state index in [2.05, 4.69) is 201 Å². The Morgan fingerprint density at radius 3 is 1.79 bits per heavy atom. The topological polar surface area (TPSA) is 8.17 Å². The lowest BCUT2D eigenvalue weighted by Crippen LogP contribution is -2.11. The molecule has 11 aromatic rings. The molecular formula is C48H29BrN2S2. The highest BCUT2D eigenvalue weighted by molar-refractivity contribution is 9.10. The normalized spacial score (nSPS) is 11.9. The van der Waals surface area contributed by atoms with Gasteiger partial charge in [-0.3, -0.25) is 0 Å². The predicted molar refractivity (Wildman–Crippen MR) is 234 cm³/mol. The monoisotopic (exact) mass is 776 g/mol. The molecule has 0 atom stereocenters. The Bertz CT molecular complexity index is 3210. The van der Waals surface area contributed by atoms with Crippen LogP contribution in [-0.4, -0.2) is 4.57 Å². The summed E-state index contributed by atoms with van der Waals surface area (Å²) in [5, 5.41) is 7.76. The number of fused-ring (bicyclic) bond motifs is 9. The van der Waals surface area contributed by atoms with E-state index in [4.69, 9.17) is 0 Å². The highest BCUT2D eigenvalue weighted by atomic mass is 79.9. The molecule has 3 heterocycles. The van der Waals surface area contributed by atoms with Crippen molar-refractivity contribution in [3.05, 3.63) is 180 Å². The van der Waals surface area contributed by atoms with E-state index in [0.717, 1.165) is 32.7 Å². The minimum atomic E-state index is 1.07. The molecule has 0 fully saturated rings. The van der Waals surface area contributed by atoms with Crippen molar-refractivity contribution in [2.75, 3.05) is 4.90 Å². The molecule has 0 radical (unpaired) electrons. The summed E-state index contributed by atoms with van der Waals surface area (Å²) in [6, 6.07) is 64.3. The summed E-state index contributed by atoms with van der Waals surface area (Å²) < 4.78 is 8.80. The van der Waals surface area contributed by atoms with Crippen molar-refractivity contribution in [3.63, 3.8) is 0 Å². The van der Waals surface area contributed by atoms with Crippen LogP contribution in [0.25, 0.3) is 79.0 Å². The Morgan fingerprint density at radius 1 is 0.396 bits per heavy atom. The Hall–Kier alpha value is -5.72. The summed E-state index contributed by atoms with van der Waals surface area (Å²) in [5.41, 5.74) is 9.20. The van der Waals surface area contributed by atoms with Crippen molar-refractivity contribution < 1.29 is 0 Å². The Kier molecular flexibility index (Phi) is 7.09. The van der Waals surface area contributed by atoms with Gasteiger partial charge in [0.25, 0.3) is 0 Å². The number of hydrogen-bond acceptors (Lipinski definition) is 3. The van der Waals surface area contributed by atoms with Gasteiger partial charge in [0.2, 0.25) is 0 Å². The number of thiophene rings is 2. The molecule has 3 aromatic heterocycles. The van der Waals surface area contributed by atoms with Crippen molar-refractivity contribution in [2.24, 2.45) is 0 Å². The van der Waals surface area contributed by atoms with Crippen LogP contribution >= 0.6 is 38.6 Å². The van der Waals surface area contributed by atoms with E-state index in [1.54, 1.807) is 0 Å². The molecule has 0 aliphatic carbocycles. The Balaban J connectivity index is 1.21. The molecule has 11 rings (SSSR count). The molecule has 250 valence electrons. The highest BCUT2D eigenvalue weighted by Gasteiger charge is 2.22. The quantitative estimate of drug-likeness (QED) is 0.169. The third-order valence-corrected chi connectivity index (χ3v) is 13.4. The maximum Gasteiger partial charge on any atom is 0.0561 e. The number of para-hydroxylation sites is 2. The van der Waals surface area contributed by atoms with Gasteiger partial charge in [0.15, 0.2) is 0 Å². The maximum absolute atomic E-state index is 3.85. The lowest BCUT2D eigenvalue weighted by Gasteiger charge is -2.28. The zero-order valence-electron chi connectivity index (χ0n) is 28.3. The van der Waals surface area contributed by atoms with Crippen LogP contribution in [0, 0.1) is 0 Å². The molecule has 0 amide bonds. The van der Waals surface area contributed by atoms with Gasteiger partial charge >= 0.3 is 0 Å². The average Bonchev–Trinajstić information content (AvgIpc) is 3.86. The van der Waals surface area contributed by atoms with Crippen molar-refractivity contribution in [1.29, 1.82) is 0 Å². The van der Waals surface area contributed by atoms with Gasteiger partial charge in [-0.25, -0.2) is 0 Å². The molecule has 0 spiro atoms. The zero-order valence-corrected chi connectivity index (χ0v) is 31.6. The average molecular weight is 778 g/mol. The van der Waals surface area contributed by atoms with Crippen LogP contribution in [-0.2, 0) is 0 Å². The van der Waals surface area contributed by atoms with Gasteiger partial charge in [0.05, 0.1) is 16.7 Å². The number of nitrogens with zero attached hydrogens (tertiary/aromatic N) is 2. The molecule has 8 aromatic carbocycles. The van der Waals surface area contributed by atoms with Crippen LogP contribution in [0.15, 0.2) is 180 Å². The third kappa shape index (κ3) is 4.89. The Morgan fingerprint density at radius 2 is 1.00 bits per heavy atom. The number of halogens is 1. The second-order valence-electron chi connectivity index (χ2n) is 13.4. The summed E-state index contributed by atoms with van der Waals surface area (Å²) in [7, 11) is 0. The number of hydrogen-bond donors (Lipinski definition) is 0. The van der Waals surface area contributed by atoms with Crippen molar-refractivity contribution in [3.8, 4) is 16.8 Å². The third-order valence-electron chi connectivity index (χ3n) is 10.5. The molecule has 2 nitrogen and oxygen atoms in total. The lowest BCUT2D eigenvalue weighted by molar-refractivity contribution is 1.18. The number of aromatic nitrogens is 1. The summed E-state index contributed by atoms with van der Waals surface area (Å²) in [4.78, 5) is 2.40. The summed E-state index contributed by atoms with van der Waals surface area (Å²) in [5.74, 6) is 0. The SMILES string of the molecule is Brc1ccccc1-c1ccccc1N(c1ccccc1)c1ccc2c3cc4c(cc3n(-c3ccc5c(c3)sc3ccccc35)c2c1)sc1ccccc14. The first-order valence-corrected chi connectivity index (χ1v) is 20.1. The van der Waals surface area contributed by atoms with E-state index >= 15 is 0 Å². The van der Waals surface area contributed by atoms with Gasteiger partial charge in [0.1, 0.15) is 0 Å². The van der Waals surface area contributed by atoms with Gasteiger partial charge in [-0.1, -0.05) is 119 Å². The first-order chi connectivity index (χ1) is 26.2. The van der Waals surface area contributed by atoms with Gasteiger partial charge in [-0.15, -0.1) is 22.7 Å². The van der Waals surface area contributed by atoms with E-state index in [1.165, 1.54) is 67.8 Å². The summed E-state index contributed by atoms with van der Waals surface area (Å²) in [6.07, 6.45) is 0. The lowest BCUT2D eigenvalue weighted by atomic mass is 10.0. The molecule has 0 saturated heterocycles. The van der Waals surface area contributed by atoms with E-state index in [9.17, 15) is 0 Å². The fourth-order valence-electron chi connectivity index (χ4n) is 8.08. The van der Waals surface area contributed by atoms with Gasteiger partial charge in [-0.05, 0) is 78.4 Å². The summed E-state index contributed by atoms with van der Waals surface area (Å²) >= 11 is 7.60. The smallest absolute Gasteiger partial charge is 0.0561 e. The first kappa shape index (κ1) is 30.9. The fraction of sp³-hybridized carbons (Fsp3) is 0. The summed E-state index contributed by atoms with van der Waals surface area (Å²) in [6.45, 7) is 0. The van der Waals surface area contributed by atoms with Gasteiger partial charge < -0.3 is 9.47 Å². The molecule has 0 bridgehead atoms. The van der Waals surface area contributed by atoms with Gasteiger partial charge in [0, 0.05) is 78.2 Å². The molecule has 0 unspecified atom stereocenters. The Labute approximate surface area is 322 Å². The standard InChI is InChI=1S/C48H29BrN2S2/c49-41-18-8-4-14-33(41)34-15-5-9-19-42(34)50(30-12-2-1-3-13-30)31-22-24-35-39-28-40-37-17-7-11-21-46(37)53-48(40)29-44(39)51(43(35)26-31)32-23-25-38-36-16-6-10-20-45(36)52-47(38)27-32/h1-29H. The largest absolute Gasteiger partial charge is 0.310 e. The second-order valence-corrected chi connectivity index (χ2v) is 16.5. The van der Waals surface area contributed by atoms with Gasteiger partial charge in [-0.2, -0.15) is 0 Å². The molecule has 0 saturated carbocycles. The first-order valence-electron chi connectivity index (χ1n) is 17.7. The molecule has 0 N–H and O–H groups in total. The van der Waals surface area contributed by atoms with Crippen LogP contribution < -0.4 is 4.90 Å². The van der Waals surface area contributed by atoms with Crippen LogP contribution in [0.3, 0.4) is 0 Å². The molecule has 5 heteroatoms. The molecule has 53 heavy (non-hydrogen) atoms. The van der Waals surface area contributed by atoms with E-state index in [1.807, 2.05) is 22.7 Å². The maximum atomic E-state index is 3.85. The molecular weight excluding hydrogens is 749 g/mol. The van der Waals surface area contributed by atoms with Crippen LogP contribution in [0.5, 0.6) is 0 Å². The van der Waals surface area contributed by atoms with E-state index in [-0.39, 0.29) is 0 Å². The molecule has 0 aliphatic rings. The van der Waals surface area contributed by atoms with Crippen molar-refractivity contribution in [2.45, 2.75) is 0 Å². The zero-order chi connectivity index (χ0) is 35.0. The molecule has 0 aliphatic heterocycles. The fourth-order valence-corrected chi connectivity index (χ4v) is 10.8. The van der Waals surface area contributed by atoms with Crippen LogP contribution in [0.2, 0.25) is 0 Å². The number of benzene rings is 8. The number of anilines is 3. The predicted octanol–water partition coefficient (Wildman–Crippen LogP) is 15.4. The minimum absolute atomic E-state index is 1.07. The van der Waals surface area contributed by atoms with Crippen molar-refractivity contribution >= 4 is 118 Å². The van der Waals surface area contributed by atoms with Crippen molar-refractivity contribution in [1.82, 2.24) is 4.57 Å². The highest BCUT2D eigenvalue weighted by Crippen LogP contribution is 2.46. The van der Waals surface area contributed by atoms with Crippen LogP contribution in [0.4, 0.5) is 17.1 Å². The van der Waals surface area contributed by atoms with E-state index in [0.29, 0.717) is 0 Å². The minimum Gasteiger partial charge on any atom is -0.310 e. The van der Waals surface area contributed by atoms with E-state index < -0.39 is 0 Å². The number of rotatable bonds is 5.